The van der Waals surface area contributed by atoms with Crippen LogP contribution in [0.1, 0.15) is 26.7 Å². The van der Waals surface area contributed by atoms with E-state index in [1.807, 2.05) is 55.6 Å². The lowest BCUT2D eigenvalue weighted by atomic mass is 10.0. The molecule has 0 bridgehead atoms. The van der Waals surface area contributed by atoms with E-state index in [1.165, 1.54) is 12.3 Å². The predicted octanol–water partition coefficient (Wildman–Crippen LogP) is 4.91. The topological polar surface area (TPSA) is 72.5 Å². The minimum atomic E-state index is -2.10. The van der Waals surface area contributed by atoms with E-state index < -0.39 is 24.2 Å². The first-order valence-corrected chi connectivity index (χ1v) is 18.4. The van der Waals surface area contributed by atoms with Crippen molar-refractivity contribution < 1.29 is 33.2 Å². The van der Waals surface area contributed by atoms with Crippen LogP contribution in [0, 0.1) is 0 Å². The van der Waals surface area contributed by atoms with Gasteiger partial charge in [0.05, 0.1) is 36.6 Å². The highest BCUT2D eigenvalue weighted by molar-refractivity contribution is 8.18. The first-order chi connectivity index (χ1) is 18.6. The maximum Gasteiger partial charge on any atom is 0.335 e. The van der Waals surface area contributed by atoms with Crippen molar-refractivity contribution in [2.24, 2.45) is 0 Å². The molecule has 10 heteroatoms. The molecule has 0 N–H and O–H groups in total. The Kier molecular flexibility index (Phi) is 12.2. The summed E-state index contributed by atoms with van der Waals surface area (Å²) in [5, 5.41) is 1.24. The van der Waals surface area contributed by atoms with Gasteiger partial charge < -0.3 is 28.4 Å². The predicted molar refractivity (Wildman–Crippen MR) is 162 cm³/mol. The third-order valence-electron chi connectivity index (χ3n) is 7.27. The lowest BCUT2D eigenvalue weighted by molar-refractivity contribution is -0.137. The van der Waals surface area contributed by atoms with Gasteiger partial charge in [0.2, 0.25) is 0 Å². The van der Waals surface area contributed by atoms with Crippen LogP contribution in [0.15, 0.2) is 53.3 Å². The fraction of sp³-hybridized carbons (Fsp3) is 0.621. The fourth-order valence-electron chi connectivity index (χ4n) is 4.76. The minimum Gasteiger partial charge on any atom is -0.466 e. The third kappa shape index (κ3) is 8.45. The molecule has 2 fully saturated rings. The van der Waals surface area contributed by atoms with E-state index in [-0.39, 0.29) is 18.7 Å². The minimum absolute atomic E-state index is 0.121. The Bertz CT molecular complexity index is 983. The van der Waals surface area contributed by atoms with Gasteiger partial charge in [-0.1, -0.05) is 54.3 Å². The molecule has 2 heterocycles. The summed E-state index contributed by atoms with van der Waals surface area (Å²) in [5.74, 6) is 0.818. The molecule has 2 aliphatic rings. The van der Waals surface area contributed by atoms with E-state index in [1.54, 1.807) is 14.2 Å². The van der Waals surface area contributed by atoms with Crippen LogP contribution in [-0.2, 0) is 33.2 Å². The summed E-state index contributed by atoms with van der Waals surface area (Å²) < 4.78 is 34.7. The standard InChI is InChI=1S/C29H44O7S2Si/c1-22(28(2)35-14-15-36-28)18-25(29(19-26(31-3)32-4)37-16-11-17-38-29)34-20-23(27(30)33-5)21-39(6,7)24-12-9-8-10-13-24/h8-10,12-13,18,21,25-26H,11,14-17,19-20H2,1-7H3/b22-18+,23-21+. The molecular formula is C29H44O7S2Si. The van der Waals surface area contributed by atoms with E-state index in [2.05, 4.69) is 37.0 Å². The van der Waals surface area contributed by atoms with Crippen LogP contribution in [0.3, 0.4) is 0 Å². The van der Waals surface area contributed by atoms with E-state index >= 15 is 0 Å². The average Bonchev–Trinajstić information content (AvgIpc) is 3.41. The van der Waals surface area contributed by atoms with E-state index in [4.69, 9.17) is 28.4 Å². The Morgan fingerprint density at radius 1 is 1.08 bits per heavy atom. The second-order valence-corrected chi connectivity index (χ2v) is 17.9. The van der Waals surface area contributed by atoms with Gasteiger partial charge >= 0.3 is 5.97 Å². The van der Waals surface area contributed by atoms with Crippen LogP contribution < -0.4 is 5.19 Å². The van der Waals surface area contributed by atoms with Crippen molar-refractivity contribution in [3.05, 3.63) is 53.3 Å². The van der Waals surface area contributed by atoms with Crippen molar-refractivity contribution in [1.29, 1.82) is 0 Å². The van der Waals surface area contributed by atoms with Crippen LogP contribution in [-0.4, -0.2) is 89.0 Å². The summed E-state index contributed by atoms with van der Waals surface area (Å²) >= 11 is 3.72. The molecule has 2 saturated heterocycles. The van der Waals surface area contributed by atoms with Crippen molar-refractivity contribution in [2.75, 3.05) is 52.7 Å². The number of rotatable bonds is 13. The zero-order valence-corrected chi connectivity index (χ0v) is 27.0. The van der Waals surface area contributed by atoms with Crippen LogP contribution in [0.2, 0.25) is 13.1 Å². The highest BCUT2D eigenvalue weighted by atomic mass is 32.2. The number of carbonyl (C=O) groups excluding carboxylic acids is 1. The fourth-order valence-corrected chi connectivity index (χ4v) is 10.4. The van der Waals surface area contributed by atoms with Gasteiger partial charge in [-0.15, -0.1) is 23.5 Å². The number of carbonyl (C=O) groups is 1. The number of ether oxygens (including phenoxy) is 6. The molecule has 1 unspecified atom stereocenters. The first kappa shape index (κ1) is 32.4. The average molecular weight is 597 g/mol. The molecule has 0 spiro atoms. The number of methoxy groups -OCH3 is 3. The second kappa shape index (κ2) is 14.7. The van der Waals surface area contributed by atoms with Crippen molar-refractivity contribution in [3.63, 3.8) is 0 Å². The Morgan fingerprint density at radius 3 is 2.26 bits per heavy atom. The number of esters is 1. The third-order valence-corrected chi connectivity index (χ3v) is 13.6. The van der Waals surface area contributed by atoms with Gasteiger partial charge in [-0.3, -0.25) is 0 Å². The first-order valence-electron chi connectivity index (χ1n) is 13.4. The Hall–Kier alpha value is -1.11. The van der Waals surface area contributed by atoms with Crippen molar-refractivity contribution >= 4 is 42.8 Å². The van der Waals surface area contributed by atoms with Gasteiger partial charge in [0.25, 0.3) is 0 Å². The molecule has 0 radical (unpaired) electrons. The molecule has 0 amide bonds. The number of benzene rings is 1. The molecule has 0 aromatic heterocycles. The SMILES string of the molecule is COC(=O)/C(=C/[Si](C)(C)c1ccccc1)COC(/C=C(\C)C1(C)OCCO1)C1(CC(OC)OC)SCCCS1. The Morgan fingerprint density at radius 2 is 1.69 bits per heavy atom. The summed E-state index contributed by atoms with van der Waals surface area (Å²) in [7, 11) is 2.63. The quantitative estimate of drug-likeness (QED) is 0.104. The smallest absolute Gasteiger partial charge is 0.335 e. The van der Waals surface area contributed by atoms with Gasteiger partial charge in [-0.05, 0) is 43.4 Å². The van der Waals surface area contributed by atoms with Crippen molar-refractivity contribution in [1.82, 2.24) is 0 Å². The molecule has 218 valence electrons. The molecule has 1 aromatic rings. The van der Waals surface area contributed by atoms with Crippen LogP contribution in [0.25, 0.3) is 0 Å². The van der Waals surface area contributed by atoms with Crippen LogP contribution in [0.4, 0.5) is 0 Å². The summed E-state index contributed by atoms with van der Waals surface area (Å²) in [4.78, 5) is 13.0. The molecular weight excluding hydrogens is 553 g/mol. The molecule has 7 nitrogen and oxygen atoms in total. The molecule has 0 saturated carbocycles. The van der Waals surface area contributed by atoms with Gasteiger partial charge in [0.1, 0.15) is 14.2 Å². The molecule has 1 aromatic carbocycles. The molecule has 39 heavy (non-hydrogen) atoms. The van der Waals surface area contributed by atoms with Crippen molar-refractivity contribution in [2.45, 2.75) is 62.0 Å². The zero-order chi connectivity index (χ0) is 28.5. The summed E-state index contributed by atoms with van der Waals surface area (Å²) in [6.07, 6.45) is 3.07. The van der Waals surface area contributed by atoms with E-state index in [9.17, 15) is 4.79 Å². The van der Waals surface area contributed by atoms with Gasteiger partial charge in [-0.2, -0.15) is 0 Å². The highest BCUT2D eigenvalue weighted by Gasteiger charge is 2.45. The number of hydrogen-bond acceptors (Lipinski definition) is 9. The number of hydrogen-bond donors (Lipinski definition) is 0. The zero-order valence-electron chi connectivity index (χ0n) is 24.3. The van der Waals surface area contributed by atoms with Gasteiger partial charge in [-0.25, -0.2) is 4.79 Å². The lowest BCUT2D eigenvalue weighted by Crippen LogP contribution is -2.44. The van der Waals surface area contributed by atoms with Gasteiger partial charge in [0, 0.05) is 20.6 Å². The summed E-state index contributed by atoms with van der Waals surface area (Å²) in [6.45, 7) is 9.61. The van der Waals surface area contributed by atoms with E-state index in [0.29, 0.717) is 25.2 Å². The molecule has 3 rings (SSSR count). The Balaban J connectivity index is 1.99. The summed E-state index contributed by atoms with van der Waals surface area (Å²) in [6, 6.07) is 10.3. The molecule has 1 atom stereocenters. The largest absolute Gasteiger partial charge is 0.466 e. The normalized spacial score (nSPS) is 20.7. The van der Waals surface area contributed by atoms with E-state index in [0.717, 1.165) is 23.5 Å². The van der Waals surface area contributed by atoms with Crippen LogP contribution >= 0.6 is 23.5 Å². The molecule has 0 aliphatic carbocycles. The maximum atomic E-state index is 13.0. The lowest BCUT2D eigenvalue weighted by Gasteiger charge is -2.43. The van der Waals surface area contributed by atoms with Crippen molar-refractivity contribution in [3.8, 4) is 0 Å². The molecule has 2 aliphatic heterocycles. The number of thioether (sulfide) groups is 2. The van der Waals surface area contributed by atoms with Crippen LogP contribution in [0.5, 0.6) is 0 Å². The van der Waals surface area contributed by atoms with Gasteiger partial charge in [0.15, 0.2) is 12.1 Å². The highest BCUT2D eigenvalue weighted by Crippen LogP contribution is 2.50. The Labute approximate surface area is 243 Å². The second-order valence-electron chi connectivity index (χ2n) is 10.4. The maximum absolute atomic E-state index is 13.0. The monoisotopic (exact) mass is 596 g/mol. The summed E-state index contributed by atoms with van der Waals surface area (Å²) in [5.41, 5.74) is 3.56.